The first-order chi connectivity index (χ1) is 14.5. The van der Waals surface area contributed by atoms with Crippen LogP contribution in [0.2, 0.25) is 0 Å². The van der Waals surface area contributed by atoms with E-state index in [9.17, 15) is 13.2 Å². The van der Waals surface area contributed by atoms with Crippen LogP contribution >= 0.6 is 0 Å². The molecule has 0 saturated carbocycles. The van der Waals surface area contributed by atoms with Gasteiger partial charge in [0.25, 0.3) is 15.9 Å². The van der Waals surface area contributed by atoms with Crippen LogP contribution in [-0.2, 0) is 27.8 Å². The Hall–Kier alpha value is -3.19. The van der Waals surface area contributed by atoms with Crippen molar-refractivity contribution in [3.8, 4) is 0 Å². The van der Waals surface area contributed by atoms with Crippen LogP contribution in [0.3, 0.4) is 0 Å². The van der Waals surface area contributed by atoms with E-state index < -0.39 is 10.0 Å². The Balaban J connectivity index is 1.61. The Morgan fingerprint density at radius 1 is 1.00 bits per heavy atom. The molecule has 6 nitrogen and oxygen atoms in total. The zero-order valence-electron chi connectivity index (χ0n) is 16.5. The molecular weight excluding hydrogens is 398 g/mol. The van der Waals surface area contributed by atoms with E-state index in [-0.39, 0.29) is 17.5 Å². The molecule has 0 atom stereocenters. The summed E-state index contributed by atoms with van der Waals surface area (Å²) >= 11 is 0. The molecule has 2 aromatic carbocycles. The first-order valence-corrected chi connectivity index (χ1v) is 11.5. The van der Waals surface area contributed by atoms with Crippen LogP contribution < -0.4 is 0 Å². The van der Waals surface area contributed by atoms with E-state index in [0.29, 0.717) is 31.6 Å². The van der Waals surface area contributed by atoms with Gasteiger partial charge in [-0.25, -0.2) is 8.42 Å². The maximum atomic E-state index is 13.5. The van der Waals surface area contributed by atoms with Crippen molar-refractivity contribution in [1.29, 1.82) is 0 Å². The van der Waals surface area contributed by atoms with E-state index >= 15 is 0 Å². The summed E-state index contributed by atoms with van der Waals surface area (Å²) in [7, 11) is -3.56. The van der Waals surface area contributed by atoms with Crippen molar-refractivity contribution < 1.29 is 13.2 Å². The van der Waals surface area contributed by atoms with Crippen molar-refractivity contribution >= 4 is 21.8 Å². The van der Waals surface area contributed by atoms with Gasteiger partial charge in [-0.15, -0.1) is 4.40 Å². The number of benzene rings is 2. The Kier molecular flexibility index (Phi) is 5.81. The summed E-state index contributed by atoms with van der Waals surface area (Å²) in [6.07, 6.45) is 5.88. The number of sulfonamides is 1. The molecular formula is C23H23N3O3S. The highest BCUT2D eigenvalue weighted by Crippen LogP contribution is 2.21. The normalized spacial score (nSPS) is 17.0. The number of carbonyl (C=O) groups excluding carboxylic acids is 1. The van der Waals surface area contributed by atoms with E-state index in [1.807, 2.05) is 60.7 Å². The van der Waals surface area contributed by atoms with Gasteiger partial charge in [0.1, 0.15) is 0 Å². The molecule has 4 rings (SSSR count). The lowest BCUT2D eigenvalue weighted by atomic mass is 10.1. The van der Waals surface area contributed by atoms with Gasteiger partial charge in [0, 0.05) is 25.8 Å². The number of allylic oxidation sites excluding steroid dienone is 2. The van der Waals surface area contributed by atoms with Gasteiger partial charge >= 0.3 is 0 Å². The number of rotatable bonds is 6. The molecule has 7 heteroatoms. The number of hydrogen-bond acceptors (Lipinski definition) is 4. The lowest BCUT2D eigenvalue weighted by molar-refractivity contribution is -0.127. The highest BCUT2D eigenvalue weighted by atomic mass is 32.2. The second kappa shape index (κ2) is 8.67. The second-order valence-electron chi connectivity index (χ2n) is 7.26. The van der Waals surface area contributed by atoms with Gasteiger partial charge < -0.3 is 9.80 Å². The van der Waals surface area contributed by atoms with Crippen molar-refractivity contribution in [1.82, 2.24) is 9.80 Å². The number of fused-ring (bicyclic) bond motifs is 1. The van der Waals surface area contributed by atoms with E-state index in [2.05, 4.69) is 4.40 Å². The van der Waals surface area contributed by atoms with Crippen molar-refractivity contribution in [3.63, 3.8) is 0 Å². The Morgan fingerprint density at radius 3 is 2.37 bits per heavy atom. The van der Waals surface area contributed by atoms with E-state index in [1.165, 1.54) is 0 Å². The standard InChI is InChI=1S/C23H23N3O3S/c27-23(21-12-7-14-25-16-17-30(28,29)24-22(21)25)26(18-20-10-5-2-6-11-20)15-13-19-8-3-1-4-9-19/h1-12,14H,13,15-18H2. The van der Waals surface area contributed by atoms with Gasteiger partial charge in [0.15, 0.2) is 5.84 Å². The maximum absolute atomic E-state index is 13.5. The molecule has 154 valence electrons. The van der Waals surface area contributed by atoms with Gasteiger partial charge in [0.2, 0.25) is 0 Å². The van der Waals surface area contributed by atoms with Gasteiger partial charge in [-0.3, -0.25) is 4.79 Å². The summed E-state index contributed by atoms with van der Waals surface area (Å²) in [6.45, 7) is 1.25. The minimum atomic E-state index is -3.56. The summed E-state index contributed by atoms with van der Waals surface area (Å²) in [4.78, 5) is 17.0. The first-order valence-electron chi connectivity index (χ1n) is 9.87. The van der Waals surface area contributed by atoms with Crippen molar-refractivity contribution in [2.75, 3.05) is 18.8 Å². The molecule has 2 heterocycles. The third kappa shape index (κ3) is 4.68. The summed E-state index contributed by atoms with van der Waals surface area (Å²) < 4.78 is 28.0. The molecule has 0 fully saturated rings. The lowest BCUT2D eigenvalue weighted by Gasteiger charge is -2.31. The molecule has 0 aromatic heterocycles. The predicted molar refractivity (Wildman–Crippen MR) is 117 cm³/mol. The van der Waals surface area contributed by atoms with Crippen molar-refractivity contribution in [2.45, 2.75) is 13.0 Å². The van der Waals surface area contributed by atoms with Crippen LogP contribution in [0, 0.1) is 0 Å². The molecule has 0 radical (unpaired) electrons. The smallest absolute Gasteiger partial charge is 0.257 e. The average Bonchev–Trinajstić information content (AvgIpc) is 2.76. The van der Waals surface area contributed by atoms with Gasteiger partial charge in [-0.1, -0.05) is 60.7 Å². The fourth-order valence-corrected chi connectivity index (χ4v) is 4.50. The summed E-state index contributed by atoms with van der Waals surface area (Å²) in [6, 6.07) is 19.8. The number of carbonyl (C=O) groups is 1. The highest BCUT2D eigenvalue weighted by molar-refractivity contribution is 7.90. The molecule has 0 bridgehead atoms. The zero-order chi connectivity index (χ0) is 21.0. The highest BCUT2D eigenvalue weighted by Gasteiger charge is 2.32. The quantitative estimate of drug-likeness (QED) is 0.719. The van der Waals surface area contributed by atoms with Crippen molar-refractivity contribution in [2.24, 2.45) is 4.40 Å². The molecule has 0 unspecified atom stereocenters. The average molecular weight is 422 g/mol. The van der Waals surface area contributed by atoms with Crippen LogP contribution in [-0.4, -0.2) is 48.8 Å². The van der Waals surface area contributed by atoms with Crippen LogP contribution in [0.5, 0.6) is 0 Å². The molecule has 0 N–H and O–H groups in total. The molecule has 2 aromatic rings. The monoisotopic (exact) mass is 421 g/mol. The fourth-order valence-electron chi connectivity index (χ4n) is 3.52. The summed E-state index contributed by atoms with van der Waals surface area (Å²) in [5.41, 5.74) is 2.46. The SMILES string of the molecule is O=C(C1=CC=CN2CCS(=O)(=O)N=C12)N(CCc1ccccc1)Cc1ccccc1. The largest absolute Gasteiger partial charge is 0.334 e. The van der Waals surface area contributed by atoms with E-state index in [4.69, 9.17) is 0 Å². The Labute approximate surface area is 176 Å². The third-order valence-electron chi connectivity index (χ3n) is 5.10. The third-order valence-corrected chi connectivity index (χ3v) is 6.25. The molecule has 0 saturated heterocycles. The Morgan fingerprint density at radius 2 is 1.67 bits per heavy atom. The minimum Gasteiger partial charge on any atom is -0.334 e. The molecule has 1 amide bonds. The summed E-state index contributed by atoms with van der Waals surface area (Å²) in [5.74, 6) is -0.0594. The number of amidine groups is 1. The fraction of sp³-hybridized carbons (Fsp3) is 0.217. The van der Waals surface area contributed by atoms with Crippen LogP contribution in [0.15, 0.2) is 89.0 Å². The summed E-state index contributed by atoms with van der Waals surface area (Å²) in [5, 5.41) is 0. The van der Waals surface area contributed by atoms with Crippen LogP contribution in [0.25, 0.3) is 0 Å². The zero-order valence-corrected chi connectivity index (χ0v) is 17.3. The topological polar surface area (TPSA) is 70.0 Å². The van der Waals surface area contributed by atoms with Gasteiger partial charge in [-0.2, -0.15) is 0 Å². The van der Waals surface area contributed by atoms with E-state index in [1.54, 1.807) is 28.2 Å². The number of hydrogen-bond donors (Lipinski definition) is 0. The maximum Gasteiger partial charge on any atom is 0.257 e. The van der Waals surface area contributed by atoms with Crippen molar-refractivity contribution in [3.05, 3.63) is 95.7 Å². The van der Waals surface area contributed by atoms with Gasteiger partial charge in [-0.05, 0) is 29.7 Å². The lowest BCUT2D eigenvalue weighted by Crippen LogP contribution is -2.43. The first kappa shape index (κ1) is 20.1. The van der Waals surface area contributed by atoms with Gasteiger partial charge in [0.05, 0.1) is 11.3 Å². The molecule has 2 aliphatic rings. The molecule has 0 aliphatic carbocycles. The second-order valence-corrected chi connectivity index (χ2v) is 9.02. The molecule has 2 aliphatic heterocycles. The molecule has 30 heavy (non-hydrogen) atoms. The van der Waals surface area contributed by atoms with E-state index in [0.717, 1.165) is 11.1 Å². The molecule has 0 spiro atoms. The number of nitrogens with zero attached hydrogens (tertiary/aromatic N) is 3. The van der Waals surface area contributed by atoms with Crippen LogP contribution in [0.4, 0.5) is 0 Å². The number of amides is 1. The van der Waals surface area contributed by atoms with Crippen LogP contribution in [0.1, 0.15) is 11.1 Å². The minimum absolute atomic E-state index is 0.0515. The predicted octanol–water partition coefficient (Wildman–Crippen LogP) is 2.76. The Bertz CT molecular complexity index is 1110.